The van der Waals surface area contributed by atoms with Gasteiger partial charge in [0.2, 0.25) is 0 Å². The lowest BCUT2D eigenvalue weighted by atomic mass is 10.0. The lowest BCUT2D eigenvalue weighted by Crippen LogP contribution is -2.39. The van der Waals surface area contributed by atoms with Crippen LogP contribution < -0.4 is 10.6 Å². The van der Waals surface area contributed by atoms with E-state index in [1.54, 1.807) is 0 Å². The summed E-state index contributed by atoms with van der Waals surface area (Å²) in [5.74, 6) is 1.49. The molecule has 2 aromatic carbocycles. The van der Waals surface area contributed by atoms with Crippen LogP contribution in [-0.2, 0) is 6.42 Å². The monoisotopic (exact) mass is 283 g/mol. The number of hydrogen-bond donors (Lipinski definition) is 2. The summed E-state index contributed by atoms with van der Waals surface area (Å²) in [5.41, 5.74) is 1.37. The van der Waals surface area contributed by atoms with Crippen molar-refractivity contribution >= 4 is 16.7 Å². The van der Waals surface area contributed by atoms with Crippen LogP contribution in [0.25, 0.3) is 10.8 Å². The van der Waals surface area contributed by atoms with Gasteiger partial charge in [-0.05, 0) is 28.7 Å². The molecule has 0 radical (unpaired) electrons. The molecule has 3 heteroatoms. The number of fused-ring (bicyclic) bond motifs is 1. The van der Waals surface area contributed by atoms with E-state index in [4.69, 9.17) is 0 Å². The maximum absolute atomic E-state index is 4.25. The van der Waals surface area contributed by atoms with Gasteiger partial charge in [-0.1, -0.05) is 56.3 Å². The molecule has 0 atom stereocenters. The molecule has 0 spiro atoms. The molecule has 0 aromatic heterocycles. The van der Waals surface area contributed by atoms with Crippen molar-refractivity contribution in [3.05, 3.63) is 48.0 Å². The minimum absolute atomic E-state index is 0.613. The standard InChI is InChI=1S/C18H25N3/c1-14(2)13-21-18(19-3)20-12-11-16-9-6-8-15-7-4-5-10-17(15)16/h4-10,14H,11-13H2,1-3H3,(H2,19,20,21). The molecular formula is C18H25N3. The van der Waals surface area contributed by atoms with Gasteiger partial charge in [0.15, 0.2) is 5.96 Å². The van der Waals surface area contributed by atoms with Crippen molar-refractivity contribution in [2.24, 2.45) is 10.9 Å². The van der Waals surface area contributed by atoms with Crippen molar-refractivity contribution < 1.29 is 0 Å². The molecular weight excluding hydrogens is 258 g/mol. The van der Waals surface area contributed by atoms with Gasteiger partial charge < -0.3 is 10.6 Å². The van der Waals surface area contributed by atoms with Gasteiger partial charge in [0.1, 0.15) is 0 Å². The SMILES string of the molecule is CN=C(NCCc1cccc2ccccc12)NCC(C)C. The van der Waals surface area contributed by atoms with Crippen molar-refractivity contribution in [1.82, 2.24) is 10.6 Å². The Balaban J connectivity index is 1.93. The molecule has 0 saturated heterocycles. The van der Waals surface area contributed by atoms with E-state index in [9.17, 15) is 0 Å². The maximum atomic E-state index is 4.25. The van der Waals surface area contributed by atoms with Crippen LogP contribution in [-0.4, -0.2) is 26.1 Å². The van der Waals surface area contributed by atoms with Crippen LogP contribution >= 0.6 is 0 Å². The predicted molar refractivity (Wildman–Crippen MR) is 91.9 cm³/mol. The molecule has 0 heterocycles. The van der Waals surface area contributed by atoms with Gasteiger partial charge in [0, 0.05) is 20.1 Å². The van der Waals surface area contributed by atoms with Gasteiger partial charge in [0.25, 0.3) is 0 Å². The second-order valence-corrected chi connectivity index (χ2v) is 5.66. The average molecular weight is 283 g/mol. The minimum Gasteiger partial charge on any atom is -0.356 e. The number of nitrogens with one attached hydrogen (secondary N) is 2. The van der Waals surface area contributed by atoms with E-state index in [1.807, 2.05) is 7.05 Å². The molecule has 0 fully saturated rings. The highest BCUT2D eigenvalue weighted by atomic mass is 15.2. The first-order valence-electron chi connectivity index (χ1n) is 7.62. The highest BCUT2D eigenvalue weighted by Gasteiger charge is 2.02. The first-order chi connectivity index (χ1) is 10.2. The van der Waals surface area contributed by atoms with E-state index >= 15 is 0 Å². The Labute approximate surface area is 127 Å². The summed E-state index contributed by atoms with van der Waals surface area (Å²) >= 11 is 0. The van der Waals surface area contributed by atoms with Gasteiger partial charge >= 0.3 is 0 Å². The molecule has 2 rings (SSSR count). The quantitative estimate of drug-likeness (QED) is 0.653. The Morgan fingerprint density at radius 2 is 1.81 bits per heavy atom. The summed E-state index contributed by atoms with van der Waals surface area (Å²) in [6.07, 6.45) is 0.990. The van der Waals surface area contributed by atoms with E-state index in [0.29, 0.717) is 5.92 Å². The molecule has 112 valence electrons. The van der Waals surface area contributed by atoms with Crippen molar-refractivity contribution in [3.8, 4) is 0 Å². The molecule has 2 N–H and O–H groups in total. The van der Waals surface area contributed by atoms with Crippen LogP contribution in [0.4, 0.5) is 0 Å². The molecule has 21 heavy (non-hydrogen) atoms. The summed E-state index contributed by atoms with van der Waals surface area (Å²) in [6, 6.07) is 15.0. The van der Waals surface area contributed by atoms with Gasteiger partial charge in [-0.25, -0.2) is 0 Å². The summed E-state index contributed by atoms with van der Waals surface area (Å²) in [4.78, 5) is 4.25. The van der Waals surface area contributed by atoms with Gasteiger partial charge in [-0.3, -0.25) is 4.99 Å². The van der Waals surface area contributed by atoms with E-state index < -0.39 is 0 Å². The van der Waals surface area contributed by atoms with Gasteiger partial charge in [0.05, 0.1) is 0 Å². The van der Waals surface area contributed by atoms with Crippen LogP contribution in [0.3, 0.4) is 0 Å². The van der Waals surface area contributed by atoms with Crippen molar-refractivity contribution in [2.75, 3.05) is 20.1 Å². The lowest BCUT2D eigenvalue weighted by molar-refractivity contribution is 0.614. The predicted octanol–water partition coefficient (Wildman–Crippen LogP) is 3.20. The number of nitrogens with zero attached hydrogens (tertiary/aromatic N) is 1. The Hall–Kier alpha value is -2.03. The largest absolute Gasteiger partial charge is 0.356 e. The molecule has 0 amide bonds. The third kappa shape index (κ3) is 4.48. The third-order valence-corrected chi connectivity index (χ3v) is 3.47. The smallest absolute Gasteiger partial charge is 0.190 e. The van der Waals surface area contributed by atoms with Crippen molar-refractivity contribution in [1.29, 1.82) is 0 Å². The summed E-state index contributed by atoms with van der Waals surface area (Å²) in [7, 11) is 1.81. The number of benzene rings is 2. The fraction of sp³-hybridized carbons (Fsp3) is 0.389. The molecule has 0 bridgehead atoms. The van der Waals surface area contributed by atoms with Crippen LogP contribution in [0.2, 0.25) is 0 Å². The topological polar surface area (TPSA) is 36.4 Å². The number of hydrogen-bond acceptors (Lipinski definition) is 1. The van der Waals surface area contributed by atoms with E-state index in [-0.39, 0.29) is 0 Å². The van der Waals surface area contributed by atoms with Crippen molar-refractivity contribution in [2.45, 2.75) is 20.3 Å². The molecule has 0 aliphatic heterocycles. The molecule has 0 aliphatic carbocycles. The fourth-order valence-electron chi connectivity index (χ4n) is 2.35. The molecule has 2 aromatic rings. The van der Waals surface area contributed by atoms with E-state index in [2.05, 4.69) is 71.9 Å². The minimum atomic E-state index is 0.613. The second-order valence-electron chi connectivity index (χ2n) is 5.66. The fourth-order valence-corrected chi connectivity index (χ4v) is 2.35. The van der Waals surface area contributed by atoms with Crippen molar-refractivity contribution in [3.63, 3.8) is 0 Å². The van der Waals surface area contributed by atoms with Gasteiger partial charge in [-0.15, -0.1) is 0 Å². The van der Waals surface area contributed by atoms with Crippen LogP contribution in [0, 0.1) is 5.92 Å². The highest BCUT2D eigenvalue weighted by Crippen LogP contribution is 2.18. The highest BCUT2D eigenvalue weighted by molar-refractivity contribution is 5.85. The molecule has 0 unspecified atom stereocenters. The maximum Gasteiger partial charge on any atom is 0.190 e. The second kappa shape index (κ2) is 7.67. The zero-order chi connectivity index (χ0) is 15.1. The number of rotatable bonds is 5. The average Bonchev–Trinajstić information content (AvgIpc) is 2.50. The zero-order valence-electron chi connectivity index (χ0n) is 13.2. The Bertz CT molecular complexity index is 597. The number of aliphatic imine (C=N–C) groups is 1. The first-order valence-corrected chi connectivity index (χ1v) is 7.62. The molecule has 3 nitrogen and oxygen atoms in total. The number of guanidine groups is 1. The van der Waals surface area contributed by atoms with Crippen LogP contribution in [0.1, 0.15) is 19.4 Å². The summed E-state index contributed by atoms with van der Waals surface area (Å²) < 4.78 is 0. The zero-order valence-corrected chi connectivity index (χ0v) is 13.2. The van der Waals surface area contributed by atoms with Crippen LogP contribution in [0.5, 0.6) is 0 Å². The Kier molecular flexibility index (Phi) is 5.61. The lowest BCUT2D eigenvalue weighted by Gasteiger charge is -2.14. The summed E-state index contributed by atoms with van der Waals surface area (Å²) in [6.45, 7) is 6.20. The third-order valence-electron chi connectivity index (χ3n) is 3.47. The summed E-state index contributed by atoms with van der Waals surface area (Å²) in [5, 5.41) is 9.35. The molecule has 0 saturated carbocycles. The molecule has 0 aliphatic rings. The normalized spacial score (nSPS) is 11.9. The first kappa shape index (κ1) is 15.4. The Morgan fingerprint density at radius 3 is 2.57 bits per heavy atom. The van der Waals surface area contributed by atoms with E-state index in [0.717, 1.165) is 25.5 Å². The van der Waals surface area contributed by atoms with Crippen LogP contribution in [0.15, 0.2) is 47.5 Å². The van der Waals surface area contributed by atoms with E-state index in [1.165, 1.54) is 16.3 Å². The van der Waals surface area contributed by atoms with Gasteiger partial charge in [-0.2, -0.15) is 0 Å². The Morgan fingerprint density at radius 1 is 1.05 bits per heavy atom.